The van der Waals surface area contributed by atoms with E-state index in [0.29, 0.717) is 18.0 Å². The zero-order chi connectivity index (χ0) is 21.4. The number of hydrogen-bond acceptors (Lipinski definition) is 4. The average molecular weight is 552 g/mol. The Balaban J connectivity index is 0.00000341. The number of pyridine rings is 1. The second-order valence-corrected chi connectivity index (χ2v) is 9.11. The molecule has 31 heavy (non-hydrogen) atoms. The van der Waals surface area contributed by atoms with Crippen molar-refractivity contribution in [3.05, 3.63) is 71.9 Å². The van der Waals surface area contributed by atoms with Gasteiger partial charge in [-0.3, -0.25) is 9.98 Å². The zero-order valence-electron chi connectivity index (χ0n) is 17.8. The summed E-state index contributed by atoms with van der Waals surface area (Å²) in [6.45, 7) is 4.19. The van der Waals surface area contributed by atoms with Crippen LogP contribution in [0.2, 0.25) is 0 Å². The van der Waals surface area contributed by atoms with E-state index in [1.54, 1.807) is 12.1 Å². The monoisotopic (exact) mass is 552 g/mol. The van der Waals surface area contributed by atoms with Crippen LogP contribution in [0.25, 0.3) is 10.9 Å². The van der Waals surface area contributed by atoms with Crippen molar-refractivity contribution in [3.8, 4) is 0 Å². The number of rotatable bonds is 8. The predicted molar refractivity (Wildman–Crippen MR) is 138 cm³/mol. The Morgan fingerprint density at radius 2 is 1.74 bits per heavy atom. The molecule has 2 N–H and O–H groups in total. The summed E-state index contributed by atoms with van der Waals surface area (Å²) in [5.41, 5.74) is 3.30. The van der Waals surface area contributed by atoms with Gasteiger partial charge < -0.3 is 10.6 Å². The molecule has 166 valence electrons. The summed E-state index contributed by atoms with van der Waals surface area (Å²) in [4.78, 5) is 9.53. The largest absolute Gasteiger partial charge is 0.357 e. The first kappa shape index (κ1) is 25.1. The van der Waals surface area contributed by atoms with Crippen molar-refractivity contribution in [2.24, 2.45) is 4.99 Å². The molecule has 0 atom stereocenters. The van der Waals surface area contributed by atoms with Crippen LogP contribution < -0.4 is 10.6 Å². The van der Waals surface area contributed by atoms with Gasteiger partial charge in [0.2, 0.25) is 0 Å². The van der Waals surface area contributed by atoms with Crippen LogP contribution in [-0.4, -0.2) is 45.3 Å². The summed E-state index contributed by atoms with van der Waals surface area (Å²) in [6.07, 6.45) is 4.64. The number of sulfone groups is 1. The third-order valence-electron chi connectivity index (χ3n) is 4.77. The van der Waals surface area contributed by atoms with E-state index >= 15 is 0 Å². The molecule has 6 nitrogen and oxygen atoms in total. The normalized spacial score (nSPS) is 11.7. The molecule has 1 heterocycles. The number of benzene rings is 2. The molecule has 0 unspecified atom stereocenters. The summed E-state index contributed by atoms with van der Waals surface area (Å²) in [6, 6.07) is 17.3. The fraction of sp³-hybridized carbons (Fsp3) is 0.304. The lowest BCUT2D eigenvalue weighted by Gasteiger charge is -2.12. The van der Waals surface area contributed by atoms with E-state index in [0.717, 1.165) is 41.8 Å². The van der Waals surface area contributed by atoms with Crippen LogP contribution in [0.3, 0.4) is 0 Å². The Morgan fingerprint density at radius 3 is 2.45 bits per heavy atom. The van der Waals surface area contributed by atoms with Crippen molar-refractivity contribution >= 4 is 50.7 Å². The minimum absolute atomic E-state index is 0. The fourth-order valence-corrected chi connectivity index (χ4v) is 3.86. The van der Waals surface area contributed by atoms with Crippen molar-refractivity contribution in [1.82, 2.24) is 15.6 Å². The lowest BCUT2D eigenvalue weighted by molar-refractivity contribution is 0.602. The van der Waals surface area contributed by atoms with Crippen molar-refractivity contribution < 1.29 is 8.42 Å². The topological polar surface area (TPSA) is 83.4 Å². The number of para-hydroxylation sites is 1. The van der Waals surface area contributed by atoms with Crippen molar-refractivity contribution in [2.75, 3.05) is 25.9 Å². The molecule has 0 radical (unpaired) electrons. The van der Waals surface area contributed by atoms with Gasteiger partial charge in [-0.15, -0.1) is 24.0 Å². The van der Waals surface area contributed by atoms with Gasteiger partial charge in [0.1, 0.15) is 0 Å². The quantitative estimate of drug-likeness (QED) is 0.254. The van der Waals surface area contributed by atoms with Gasteiger partial charge in [0.05, 0.1) is 10.4 Å². The van der Waals surface area contributed by atoms with Gasteiger partial charge in [-0.05, 0) is 49.1 Å². The molecule has 0 aliphatic carbocycles. The Bertz CT molecular complexity index is 1110. The molecular weight excluding hydrogens is 523 g/mol. The average Bonchev–Trinajstić information content (AvgIpc) is 2.74. The molecule has 2 aromatic carbocycles. The molecule has 0 aliphatic heterocycles. The van der Waals surface area contributed by atoms with Crippen LogP contribution in [-0.2, 0) is 22.7 Å². The Hall–Kier alpha value is -2.20. The summed E-state index contributed by atoms with van der Waals surface area (Å²) < 4.78 is 23.1. The van der Waals surface area contributed by atoms with E-state index < -0.39 is 9.84 Å². The van der Waals surface area contributed by atoms with Crippen LogP contribution in [0, 0.1) is 0 Å². The van der Waals surface area contributed by atoms with Gasteiger partial charge in [0.15, 0.2) is 15.8 Å². The molecule has 3 aromatic rings. The predicted octanol–water partition coefficient (Wildman–Crippen LogP) is 3.60. The second kappa shape index (κ2) is 12.0. The first-order valence-electron chi connectivity index (χ1n) is 10.1. The maximum Gasteiger partial charge on any atom is 0.191 e. The maximum absolute atomic E-state index is 11.6. The van der Waals surface area contributed by atoms with Crippen LogP contribution in [0.15, 0.2) is 70.7 Å². The molecule has 0 saturated carbocycles. The van der Waals surface area contributed by atoms with Crippen LogP contribution >= 0.6 is 24.0 Å². The first-order valence-corrected chi connectivity index (χ1v) is 12.0. The van der Waals surface area contributed by atoms with Crippen molar-refractivity contribution in [2.45, 2.75) is 24.7 Å². The third kappa shape index (κ3) is 7.46. The number of aliphatic imine (C=N–C) groups is 1. The van der Waals surface area contributed by atoms with Gasteiger partial charge in [0, 0.05) is 37.5 Å². The van der Waals surface area contributed by atoms with Crippen molar-refractivity contribution in [3.63, 3.8) is 0 Å². The maximum atomic E-state index is 11.6. The van der Waals surface area contributed by atoms with Gasteiger partial charge in [-0.2, -0.15) is 0 Å². The van der Waals surface area contributed by atoms with E-state index in [2.05, 4.69) is 44.9 Å². The highest BCUT2D eigenvalue weighted by Crippen LogP contribution is 2.16. The number of fused-ring (bicyclic) bond motifs is 1. The third-order valence-corrected chi connectivity index (χ3v) is 5.90. The summed E-state index contributed by atoms with van der Waals surface area (Å²) >= 11 is 0. The molecule has 0 bridgehead atoms. The zero-order valence-corrected chi connectivity index (χ0v) is 21.0. The van der Waals surface area contributed by atoms with Gasteiger partial charge in [-0.25, -0.2) is 8.42 Å². The van der Waals surface area contributed by atoms with E-state index in [1.165, 1.54) is 11.8 Å². The molecule has 1 aromatic heterocycles. The smallest absolute Gasteiger partial charge is 0.191 e. The van der Waals surface area contributed by atoms with E-state index in [9.17, 15) is 8.42 Å². The molecule has 0 spiro atoms. The van der Waals surface area contributed by atoms with E-state index in [-0.39, 0.29) is 24.0 Å². The number of nitrogens with one attached hydrogen (secondary N) is 2. The van der Waals surface area contributed by atoms with E-state index in [1.807, 2.05) is 31.3 Å². The standard InChI is InChI=1S/C23H28N4O2S.HI/c1-3-24-23(26-16-13-18-9-11-21(12-10-18)30(2,28)29)27-17-14-20-7-4-6-19-8-5-15-25-22(19)20;/h4-12,15H,3,13-14,16-17H2,1-2H3,(H2,24,26,27);1H. The van der Waals surface area contributed by atoms with Gasteiger partial charge >= 0.3 is 0 Å². The number of nitrogens with zero attached hydrogens (tertiary/aromatic N) is 2. The van der Waals surface area contributed by atoms with Crippen LogP contribution in [0.5, 0.6) is 0 Å². The molecule has 8 heteroatoms. The lowest BCUT2D eigenvalue weighted by atomic mass is 10.1. The van der Waals surface area contributed by atoms with Crippen LogP contribution in [0.4, 0.5) is 0 Å². The SMILES string of the molecule is CCNC(=NCCc1cccc2cccnc12)NCCc1ccc(S(C)(=O)=O)cc1.I. The molecule has 3 rings (SSSR count). The summed E-state index contributed by atoms with van der Waals surface area (Å²) in [7, 11) is -3.16. The molecule has 0 amide bonds. The molecule has 0 fully saturated rings. The number of hydrogen-bond donors (Lipinski definition) is 2. The first-order chi connectivity index (χ1) is 14.5. The van der Waals surface area contributed by atoms with Crippen LogP contribution in [0.1, 0.15) is 18.1 Å². The Kier molecular flexibility index (Phi) is 9.70. The molecule has 0 saturated heterocycles. The Labute approximate surface area is 201 Å². The molecular formula is C23H29IN4O2S. The van der Waals surface area contributed by atoms with Crippen molar-refractivity contribution in [1.29, 1.82) is 0 Å². The highest BCUT2D eigenvalue weighted by molar-refractivity contribution is 14.0. The van der Waals surface area contributed by atoms with Gasteiger partial charge in [0.25, 0.3) is 0 Å². The summed E-state index contributed by atoms with van der Waals surface area (Å²) in [5, 5.41) is 7.75. The Morgan fingerprint density at radius 1 is 1.00 bits per heavy atom. The fourth-order valence-electron chi connectivity index (χ4n) is 3.23. The second-order valence-electron chi connectivity index (χ2n) is 7.10. The summed E-state index contributed by atoms with van der Waals surface area (Å²) in [5.74, 6) is 0.776. The minimum Gasteiger partial charge on any atom is -0.357 e. The number of halogens is 1. The number of guanidine groups is 1. The highest BCUT2D eigenvalue weighted by atomic mass is 127. The minimum atomic E-state index is -3.16. The number of aromatic nitrogens is 1. The lowest BCUT2D eigenvalue weighted by Crippen LogP contribution is -2.38. The highest BCUT2D eigenvalue weighted by Gasteiger charge is 2.06. The van der Waals surface area contributed by atoms with E-state index in [4.69, 9.17) is 0 Å². The van der Waals surface area contributed by atoms with Gasteiger partial charge in [-0.1, -0.05) is 36.4 Å². The molecule has 0 aliphatic rings.